The smallest absolute Gasteiger partial charge is 0.0601 e. The van der Waals surface area contributed by atoms with Gasteiger partial charge < -0.3 is 10.1 Å². The largest absolute Gasteiger partial charge is 0.381 e. The standard InChI is InChI=1S/C10H19NO/c1-12-10-6-9(7-10)11-5-4-8-2-3-8/h8-11H,2-7H2,1H3. The molecule has 2 heteroatoms. The molecule has 0 unspecified atom stereocenters. The SMILES string of the molecule is COC1CC(NCCC2CC2)C1. The van der Waals surface area contributed by atoms with Crippen molar-refractivity contribution in [3.05, 3.63) is 0 Å². The summed E-state index contributed by atoms with van der Waals surface area (Å²) in [5.41, 5.74) is 0. The Bertz CT molecular complexity index is 139. The molecule has 2 rings (SSSR count). The van der Waals surface area contributed by atoms with Crippen molar-refractivity contribution in [1.29, 1.82) is 0 Å². The molecule has 0 heterocycles. The first-order valence-corrected chi connectivity index (χ1v) is 5.14. The minimum Gasteiger partial charge on any atom is -0.381 e. The molecule has 12 heavy (non-hydrogen) atoms. The third-order valence-electron chi connectivity index (χ3n) is 3.11. The average Bonchev–Trinajstić information content (AvgIpc) is 2.77. The molecule has 0 atom stereocenters. The second kappa shape index (κ2) is 3.75. The fraction of sp³-hybridized carbons (Fsp3) is 1.00. The second-order valence-corrected chi connectivity index (χ2v) is 4.21. The van der Waals surface area contributed by atoms with Crippen molar-refractivity contribution < 1.29 is 4.74 Å². The maximum atomic E-state index is 5.22. The van der Waals surface area contributed by atoms with Gasteiger partial charge in [-0.3, -0.25) is 0 Å². The van der Waals surface area contributed by atoms with Crippen LogP contribution in [-0.4, -0.2) is 25.8 Å². The van der Waals surface area contributed by atoms with Crippen LogP contribution in [0.5, 0.6) is 0 Å². The van der Waals surface area contributed by atoms with Gasteiger partial charge in [-0.05, 0) is 31.7 Å². The van der Waals surface area contributed by atoms with E-state index in [9.17, 15) is 0 Å². The average molecular weight is 169 g/mol. The summed E-state index contributed by atoms with van der Waals surface area (Å²) in [6.45, 7) is 1.23. The van der Waals surface area contributed by atoms with E-state index in [4.69, 9.17) is 4.74 Å². The van der Waals surface area contributed by atoms with Gasteiger partial charge in [0, 0.05) is 13.2 Å². The zero-order chi connectivity index (χ0) is 8.39. The molecule has 70 valence electrons. The number of hydrogen-bond acceptors (Lipinski definition) is 2. The highest BCUT2D eigenvalue weighted by Gasteiger charge is 2.28. The van der Waals surface area contributed by atoms with Gasteiger partial charge in [0.05, 0.1) is 6.10 Å². The summed E-state index contributed by atoms with van der Waals surface area (Å²) >= 11 is 0. The summed E-state index contributed by atoms with van der Waals surface area (Å²) in [5.74, 6) is 1.07. The maximum Gasteiger partial charge on any atom is 0.0601 e. The first-order chi connectivity index (χ1) is 5.88. The van der Waals surface area contributed by atoms with Gasteiger partial charge in [-0.1, -0.05) is 12.8 Å². The molecule has 0 aromatic carbocycles. The Morgan fingerprint density at radius 2 is 2.08 bits per heavy atom. The fourth-order valence-electron chi connectivity index (χ4n) is 1.82. The van der Waals surface area contributed by atoms with Crippen molar-refractivity contribution in [3.8, 4) is 0 Å². The van der Waals surface area contributed by atoms with E-state index in [2.05, 4.69) is 5.32 Å². The molecule has 0 saturated heterocycles. The number of ether oxygens (including phenoxy) is 1. The summed E-state index contributed by atoms with van der Waals surface area (Å²) < 4.78 is 5.22. The van der Waals surface area contributed by atoms with Gasteiger partial charge in [-0.2, -0.15) is 0 Å². The number of hydrogen-bond donors (Lipinski definition) is 1. The van der Waals surface area contributed by atoms with Gasteiger partial charge in [0.1, 0.15) is 0 Å². The van der Waals surface area contributed by atoms with Crippen LogP contribution in [0.15, 0.2) is 0 Å². The molecule has 2 saturated carbocycles. The molecule has 0 spiro atoms. The lowest BCUT2D eigenvalue weighted by molar-refractivity contribution is 0.0174. The predicted octanol–water partition coefficient (Wildman–Crippen LogP) is 1.55. The second-order valence-electron chi connectivity index (χ2n) is 4.21. The van der Waals surface area contributed by atoms with Crippen LogP contribution in [0.4, 0.5) is 0 Å². The highest BCUT2D eigenvalue weighted by molar-refractivity contribution is 4.86. The minimum atomic E-state index is 0.545. The molecule has 0 aromatic rings. The van der Waals surface area contributed by atoms with Crippen LogP contribution in [0.1, 0.15) is 32.1 Å². The molecule has 0 aliphatic heterocycles. The molecule has 0 radical (unpaired) electrons. The van der Waals surface area contributed by atoms with Crippen molar-refractivity contribution in [2.45, 2.75) is 44.2 Å². The quantitative estimate of drug-likeness (QED) is 0.674. The summed E-state index contributed by atoms with van der Waals surface area (Å²) in [6.07, 6.45) is 7.35. The first-order valence-electron chi connectivity index (χ1n) is 5.14. The Kier molecular flexibility index (Phi) is 2.66. The Balaban J connectivity index is 1.46. The van der Waals surface area contributed by atoms with Gasteiger partial charge in [0.2, 0.25) is 0 Å². The van der Waals surface area contributed by atoms with Crippen LogP contribution < -0.4 is 5.32 Å². The minimum absolute atomic E-state index is 0.545. The zero-order valence-electron chi connectivity index (χ0n) is 7.88. The number of rotatable bonds is 5. The Labute approximate surface area is 74.7 Å². The van der Waals surface area contributed by atoms with E-state index in [1.54, 1.807) is 0 Å². The van der Waals surface area contributed by atoms with Crippen molar-refractivity contribution in [2.75, 3.05) is 13.7 Å². The summed E-state index contributed by atoms with van der Waals surface area (Å²) in [5, 5.41) is 3.57. The van der Waals surface area contributed by atoms with Crippen LogP contribution in [0.25, 0.3) is 0 Å². The molecule has 2 fully saturated rings. The van der Waals surface area contributed by atoms with Crippen LogP contribution in [0.2, 0.25) is 0 Å². The molecular weight excluding hydrogens is 150 g/mol. The van der Waals surface area contributed by atoms with Gasteiger partial charge in [0.25, 0.3) is 0 Å². The molecule has 0 amide bonds. The van der Waals surface area contributed by atoms with E-state index in [-0.39, 0.29) is 0 Å². The lowest BCUT2D eigenvalue weighted by Crippen LogP contribution is -2.45. The van der Waals surface area contributed by atoms with Crippen LogP contribution >= 0.6 is 0 Å². The van der Waals surface area contributed by atoms with Crippen molar-refractivity contribution in [2.24, 2.45) is 5.92 Å². The van der Waals surface area contributed by atoms with E-state index < -0.39 is 0 Å². The van der Waals surface area contributed by atoms with E-state index in [0.717, 1.165) is 12.0 Å². The molecule has 2 aliphatic rings. The normalized spacial score (nSPS) is 34.8. The van der Waals surface area contributed by atoms with E-state index in [0.29, 0.717) is 6.10 Å². The highest BCUT2D eigenvalue weighted by Crippen LogP contribution is 2.32. The molecular formula is C10H19NO. The van der Waals surface area contributed by atoms with Crippen LogP contribution in [0.3, 0.4) is 0 Å². The lowest BCUT2D eigenvalue weighted by Gasteiger charge is -2.34. The highest BCUT2D eigenvalue weighted by atomic mass is 16.5. The summed E-state index contributed by atoms with van der Waals surface area (Å²) in [7, 11) is 1.81. The molecule has 1 N–H and O–H groups in total. The van der Waals surface area contributed by atoms with Crippen molar-refractivity contribution in [1.82, 2.24) is 5.32 Å². The topological polar surface area (TPSA) is 21.3 Å². The van der Waals surface area contributed by atoms with Gasteiger partial charge >= 0.3 is 0 Å². The number of methoxy groups -OCH3 is 1. The van der Waals surface area contributed by atoms with E-state index in [1.807, 2.05) is 7.11 Å². The third-order valence-corrected chi connectivity index (χ3v) is 3.11. The third kappa shape index (κ3) is 2.20. The van der Waals surface area contributed by atoms with Crippen LogP contribution in [-0.2, 0) is 4.74 Å². The zero-order valence-corrected chi connectivity index (χ0v) is 7.88. The van der Waals surface area contributed by atoms with Gasteiger partial charge in [0.15, 0.2) is 0 Å². The Morgan fingerprint density at radius 3 is 2.67 bits per heavy atom. The number of nitrogens with one attached hydrogen (secondary N) is 1. The van der Waals surface area contributed by atoms with Crippen molar-refractivity contribution >= 4 is 0 Å². The van der Waals surface area contributed by atoms with Gasteiger partial charge in [-0.15, -0.1) is 0 Å². The lowest BCUT2D eigenvalue weighted by atomic mass is 9.89. The molecule has 0 bridgehead atoms. The summed E-state index contributed by atoms with van der Waals surface area (Å²) in [6, 6.07) is 0.758. The van der Waals surface area contributed by atoms with E-state index in [1.165, 1.54) is 38.6 Å². The molecule has 2 aliphatic carbocycles. The molecule has 0 aromatic heterocycles. The maximum absolute atomic E-state index is 5.22. The Morgan fingerprint density at radius 1 is 1.33 bits per heavy atom. The fourth-order valence-corrected chi connectivity index (χ4v) is 1.82. The monoisotopic (exact) mass is 169 g/mol. The first kappa shape index (κ1) is 8.52. The van der Waals surface area contributed by atoms with Crippen molar-refractivity contribution in [3.63, 3.8) is 0 Å². The molecule has 2 nitrogen and oxygen atoms in total. The Hall–Kier alpha value is -0.0800. The van der Waals surface area contributed by atoms with E-state index >= 15 is 0 Å². The summed E-state index contributed by atoms with van der Waals surface area (Å²) in [4.78, 5) is 0. The van der Waals surface area contributed by atoms with Crippen LogP contribution in [0, 0.1) is 5.92 Å². The predicted molar refractivity (Wildman–Crippen MR) is 49.2 cm³/mol. The van der Waals surface area contributed by atoms with Gasteiger partial charge in [-0.25, -0.2) is 0 Å².